The third-order valence-electron chi connectivity index (χ3n) is 3.76. The Morgan fingerprint density at radius 3 is 2.62 bits per heavy atom. The molecule has 7 heteroatoms. The smallest absolute Gasteiger partial charge is 0.246 e. The number of hydrogen-bond donors (Lipinski definition) is 1. The average molecular weight is 330 g/mol. The third kappa shape index (κ3) is 3.59. The first-order valence-corrected chi connectivity index (χ1v) is 9.76. The largest absolute Gasteiger partial charge is 0.310 e. The lowest BCUT2D eigenvalue weighted by Crippen LogP contribution is -2.38. The van der Waals surface area contributed by atoms with Crippen LogP contribution in [0.4, 0.5) is 4.39 Å². The number of hydrogen-bond acceptors (Lipinski definition) is 4. The van der Waals surface area contributed by atoms with Crippen LogP contribution in [0, 0.1) is 5.82 Å². The quantitative estimate of drug-likeness (QED) is 0.895. The van der Waals surface area contributed by atoms with E-state index in [4.69, 9.17) is 0 Å². The molecule has 0 radical (unpaired) electrons. The Kier molecular flexibility index (Phi) is 4.54. The first-order valence-electron chi connectivity index (χ1n) is 7.17. The lowest BCUT2D eigenvalue weighted by Gasteiger charge is -2.25. The summed E-state index contributed by atoms with van der Waals surface area (Å²) in [6, 6.07) is 4.98. The van der Waals surface area contributed by atoms with Gasteiger partial charge in [-0.05, 0) is 30.5 Å². The summed E-state index contributed by atoms with van der Waals surface area (Å²) in [5.41, 5.74) is 0.785. The van der Waals surface area contributed by atoms with Crippen LogP contribution in [0.1, 0.15) is 18.4 Å². The minimum Gasteiger partial charge on any atom is -0.310 e. The summed E-state index contributed by atoms with van der Waals surface area (Å²) < 4.78 is 40.5. The molecule has 116 valence electrons. The van der Waals surface area contributed by atoms with Crippen LogP contribution in [0.2, 0.25) is 0 Å². The van der Waals surface area contributed by atoms with Gasteiger partial charge in [0, 0.05) is 37.2 Å². The second-order valence-corrected chi connectivity index (χ2v) is 8.57. The fourth-order valence-electron chi connectivity index (χ4n) is 2.34. The number of benzene rings is 1. The molecule has 0 unspecified atom stereocenters. The van der Waals surface area contributed by atoms with Crippen LogP contribution in [0.15, 0.2) is 23.1 Å². The van der Waals surface area contributed by atoms with Gasteiger partial charge < -0.3 is 5.32 Å². The van der Waals surface area contributed by atoms with E-state index in [1.165, 1.54) is 29.3 Å². The van der Waals surface area contributed by atoms with Gasteiger partial charge in [-0.2, -0.15) is 16.1 Å². The van der Waals surface area contributed by atoms with Crippen LogP contribution >= 0.6 is 11.8 Å². The van der Waals surface area contributed by atoms with Crippen molar-refractivity contribution in [3.05, 3.63) is 29.6 Å². The third-order valence-corrected chi connectivity index (χ3v) is 6.63. The van der Waals surface area contributed by atoms with Crippen LogP contribution in [-0.4, -0.2) is 43.4 Å². The Morgan fingerprint density at radius 2 is 2.00 bits per heavy atom. The zero-order chi connectivity index (χ0) is 14.9. The fourth-order valence-corrected chi connectivity index (χ4v) is 4.96. The second-order valence-electron chi connectivity index (χ2n) is 5.44. The van der Waals surface area contributed by atoms with Gasteiger partial charge in [0.25, 0.3) is 0 Å². The maximum Gasteiger partial charge on any atom is 0.246 e. The summed E-state index contributed by atoms with van der Waals surface area (Å²) >= 11 is 1.72. The van der Waals surface area contributed by atoms with E-state index in [9.17, 15) is 12.8 Å². The second kappa shape index (κ2) is 6.24. The molecule has 0 aromatic heterocycles. The van der Waals surface area contributed by atoms with E-state index in [-0.39, 0.29) is 4.90 Å². The Balaban J connectivity index is 1.77. The zero-order valence-electron chi connectivity index (χ0n) is 11.7. The topological polar surface area (TPSA) is 49.4 Å². The van der Waals surface area contributed by atoms with E-state index in [2.05, 4.69) is 5.32 Å². The number of rotatable bonds is 5. The summed E-state index contributed by atoms with van der Waals surface area (Å²) in [6.45, 7) is 1.50. The first kappa shape index (κ1) is 15.3. The molecule has 3 rings (SSSR count). The van der Waals surface area contributed by atoms with Gasteiger partial charge in [-0.3, -0.25) is 0 Å². The van der Waals surface area contributed by atoms with Gasteiger partial charge >= 0.3 is 0 Å². The van der Waals surface area contributed by atoms with E-state index >= 15 is 0 Å². The molecule has 1 saturated heterocycles. The zero-order valence-corrected chi connectivity index (χ0v) is 13.4. The summed E-state index contributed by atoms with van der Waals surface area (Å²) in [7, 11) is -3.70. The number of halogens is 1. The molecular formula is C14H19FN2O2S2. The number of thioether (sulfide) groups is 1. The molecular weight excluding hydrogens is 311 g/mol. The lowest BCUT2D eigenvalue weighted by atomic mass is 10.2. The minimum atomic E-state index is -3.70. The highest BCUT2D eigenvalue weighted by molar-refractivity contribution is 7.99. The van der Waals surface area contributed by atoms with Crippen molar-refractivity contribution < 1.29 is 12.8 Å². The molecule has 1 aromatic rings. The van der Waals surface area contributed by atoms with Crippen LogP contribution in [-0.2, 0) is 16.6 Å². The van der Waals surface area contributed by atoms with E-state index in [1.807, 2.05) is 0 Å². The van der Waals surface area contributed by atoms with Gasteiger partial charge in [0.05, 0.1) is 0 Å². The molecule has 1 saturated carbocycles. The molecule has 0 bridgehead atoms. The van der Waals surface area contributed by atoms with Crippen LogP contribution < -0.4 is 5.32 Å². The molecule has 0 amide bonds. The van der Waals surface area contributed by atoms with Crippen molar-refractivity contribution in [1.82, 2.24) is 9.62 Å². The molecule has 0 atom stereocenters. The monoisotopic (exact) mass is 330 g/mol. The summed E-state index contributed by atoms with van der Waals surface area (Å²) in [5.74, 6) is 0.886. The van der Waals surface area contributed by atoms with Gasteiger partial charge in [-0.25, -0.2) is 12.8 Å². The average Bonchev–Trinajstić information content (AvgIpc) is 3.30. The van der Waals surface area contributed by atoms with Gasteiger partial charge in [0.2, 0.25) is 10.0 Å². The number of sulfonamides is 1. The van der Waals surface area contributed by atoms with E-state index in [0.29, 0.717) is 25.7 Å². The summed E-state index contributed by atoms with van der Waals surface area (Å²) in [4.78, 5) is -0.204. The van der Waals surface area contributed by atoms with E-state index in [1.54, 1.807) is 17.8 Å². The molecule has 1 aliphatic heterocycles. The Bertz CT molecular complexity index is 611. The van der Waals surface area contributed by atoms with Crippen molar-refractivity contribution in [2.45, 2.75) is 30.3 Å². The molecule has 1 N–H and O–H groups in total. The van der Waals surface area contributed by atoms with E-state index in [0.717, 1.165) is 17.1 Å². The van der Waals surface area contributed by atoms with E-state index < -0.39 is 15.8 Å². The van der Waals surface area contributed by atoms with Crippen LogP contribution in [0.3, 0.4) is 0 Å². The Morgan fingerprint density at radius 1 is 1.29 bits per heavy atom. The predicted octanol–water partition coefficient (Wildman–Crippen LogP) is 1.82. The van der Waals surface area contributed by atoms with Crippen molar-refractivity contribution >= 4 is 21.8 Å². The molecule has 1 aromatic carbocycles. The molecule has 2 aliphatic rings. The van der Waals surface area contributed by atoms with Gasteiger partial charge in [-0.1, -0.05) is 6.07 Å². The van der Waals surface area contributed by atoms with Crippen molar-refractivity contribution in [2.75, 3.05) is 24.6 Å². The standard InChI is InChI=1S/C14H19FN2O2S2/c15-13-9-11(10-16-12-2-3-12)1-4-14(13)21(18,19)17-5-7-20-8-6-17/h1,4,9,12,16H,2-3,5-8,10H2. The molecule has 4 nitrogen and oxygen atoms in total. The fraction of sp³-hybridized carbons (Fsp3) is 0.571. The summed E-state index contributed by atoms with van der Waals surface area (Å²) in [6.07, 6.45) is 2.34. The molecule has 1 heterocycles. The van der Waals surface area contributed by atoms with Gasteiger partial charge in [-0.15, -0.1) is 0 Å². The highest BCUT2D eigenvalue weighted by Gasteiger charge is 2.29. The maximum absolute atomic E-state index is 14.2. The Hall–Kier alpha value is -0.630. The van der Waals surface area contributed by atoms with Crippen LogP contribution in [0.25, 0.3) is 0 Å². The van der Waals surface area contributed by atoms with Crippen molar-refractivity contribution in [2.24, 2.45) is 0 Å². The summed E-state index contributed by atoms with van der Waals surface area (Å²) in [5, 5.41) is 3.29. The van der Waals surface area contributed by atoms with Gasteiger partial charge in [0.1, 0.15) is 10.7 Å². The predicted molar refractivity (Wildman–Crippen MR) is 82.3 cm³/mol. The molecule has 0 spiro atoms. The molecule has 1 aliphatic carbocycles. The number of nitrogens with zero attached hydrogens (tertiary/aromatic N) is 1. The molecule has 2 fully saturated rings. The highest BCUT2D eigenvalue weighted by atomic mass is 32.2. The van der Waals surface area contributed by atoms with Crippen molar-refractivity contribution in [3.8, 4) is 0 Å². The van der Waals surface area contributed by atoms with Crippen molar-refractivity contribution in [1.29, 1.82) is 0 Å². The molecule has 21 heavy (non-hydrogen) atoms. The highest BCUT2D eigenvalue weighted by Crippen LogP contribution is 2.24. The SMILES string of the molecule is O=S(=O)(c1ccc(CNC2CC2)cc1F)N1CCSCC1. The van der Waals surface area contributed by atoms with Crippen molar-refractivity contribution in [3.63, 3.8) is 0 Å². The number of nitrogens with one attached hydrogen (secondary N) is 1. The normalized spacial score (nSPS) is 20.6. The Labute approximate surface area is 129 Å². The lowest BCUT2D eigenvalue weighted by molar-refractivity contribution is 0.438. The van der Waals surface area contributed by atoms with Gasteiger partial charge in [0.15, 0.2) is 0 Å². The van der Waals surface area contributed by atoms with Crippen LogP contribution in [0.5, 0.6) is 0 Å². The maximum atomic E-state index is 14.2. The minimum absolute atomic E-state index is 0.204. The first-order chi connectivity index (χ1) is 10.1.